The predicted octanol–water partition coefficient (Wildman–Crippen LogP) is 3.46. The minimum Gasteiger partial charge on any atom is -0.310 e. The van der Waals surface area contributed by atoms with Crippen molar-refractivity contribution in [1.82, 2.24) is 5.32 Å². The zero-order valence-electron chi connectivity index (χ0n) is 8.52. The van der Waals surface area contributed by atoms with Crippen LogP contribution in [0.2, 0.25) is 5.02 Å². The van der Waals surface area contributed by atoms with Crippen LogP contribution in [0.15, 0.2) is 18.2 Å². The van der Waals surface area contributed by atoms with Gasteiger partial charge in [-0.1, -0.05) is 30.2 Å². The summed E-state index contributed by atoms with van der Waals surface area (Å²) in [6.45, 7) is 3.21. The van der Waals surface area contributed by atoms with Gasteiger partial charge in [-0.05, 0) is 43.5 Å². The van der Waals surface area contributed by atoms with Gasteiger partial charge < -0.3 is 5.32 Å². The Kier molecular flexibility index (Phi) is 3.09. The smallest absolute Gasteiger partial charge is 0.0435 e. The first kappa shape index (κ1) is 10.0. The van der Waals surface area contributed by atoms with E-state index in [2.05, 4.69) is 24.4 Å². The molecule has 0 aliphatic carbocycles. The van der Waals surface area contributed by atoms with Crippen LogP contribution >= 0.6 is 11.6 Å². The molecule has 1 aliphatic rings. The highest BCUT2D eigenvalue weighted by atomic mass is 35.5. The second-order valence-corrected chi connectivity index (χ2v) is 4.42. The van der Waals surface area contributed by atoms with Gasteiger partial charge in [0.2, 0.25) is 0 Å². The third-order valence-electron chi connectivity index (χ3n) is 2.89. The number of nitrogens with one attached hydrogen (secondary N) is 1. The summed E-state index contributed by atoms with van der Waals surface area (Å²) >= 11 is 6.00. The molecule has 0 radical (unpaired) electrons. The normalized spacial score (nSPS) is 22.3. The molecule has 1 aromatic carbocycles. The van der Waals surface area contributed by atoms with Crippen molar-refractivity contribution in [2.24, 2.45) is 0 Å². The van der Waals surface area contributed by atoms with Crippen molar-refractivity contribution in [2.75, 3.05) is 6.54 Å². The first-order valence-electron chi connectivity index (χ1n) is 5.27. The lowest BCUT2D eigenvalue weighted by Gasteiger charge is -2.24. The molecule has 1 fully saturated rings. The maximum absolute atomic E-state index is 6.00. The van der Waals surface area contributed by atoms with Gasteiger partial charge >= 0.3 is 0 Å². The number of aryl methyl sites for hydroxylation is 1. The molecule has 1 N–H and O–H groups in total. The zero-order chi connectivity index (χ0) is 9.97. The van der Waals surface area contributed by atoms with Crippen LogP contribution in [-0.2, 0) is 0 Å². The Morgan fingerprint density at radius 1 is 1.36 bits per heavy atom. The molecular weight excluding hydrogens is 194 g/mol. The maximum Gasteiger partial charge on any atom is 0.0435 e. The SMILES string of the molecule is Cc1cc(C2CCCCN2)ccc1Cl. The lowest BCUT2D eigenvalue weighted by Crippen LogP contribution is -2.26. The minimum absolute atomic E-state index is 0.541. The van der Waals surface area contributed by atoms with Gasteiger partial charge in [-0.25, -0.2) is 0 Å². The molecule has 1 nitrogen and oxygen atoms in total. The van der Waals surface area contributed by atoms with Crippen LogP contribution in [-0.4, -0.2) is 6.54 Å². The molecule has 0 spiro atoms. The van der Waals surface area contributed by atoms with Crippen molar-refractivity contribution >= 4 is 11.6 Å². The van der Waals surface area contributed by atoms with E-state index in [9.17, 15) is 0 Å². The van der Waals surface area contributed by atoms with E-state index in [-0.39, 0.29) is 0 Å². The Balaban J connectivity index is 2.18. The fourth-order valence-electron chi connectivity index (χ4n) is 2.02. The number of piperidine rings is 1. The Morgan fingerprint density at radius 3 is 2.86 bits per heavy atom. The first-order valence-corrected chi connectivity index (χ1v) is 5.64. The summed E-state index contributed by atoms with van der Waals surface area (Å²) in [5.41, 5.74) is 2.56. The van der Waals surface area contributed by atoms with Gasteiger partial charge in [0.05, 0.1) is 0 Å². The van der Waals surface area contributed by atoms with E-state index in [4.69, 9.17) is 11.6 Å². The van der Waals surface area contributed by atoms with E-state index in [0.29, 0.717) is 6.04 Å². The van der Waals surface area contributed by atoms with Crippen molar-refractivity contribution in [3.63, 3.8) is 0 Å². The van der Waals surface area contributed by atoms with Crippen molar-refractivity contribution in [3.8, 4) is 0 Å². The predicted molar refractivity (Wildman–Crippen MR) is 60.8 cm³/mol. The minimum atomic E-state index is 0.541. The molecule has 0 bridgehead atoms. The molecular formula is C12H16ClN. The summed E-state index contributed by atoms with van der Waals surface area (Å²) in [4.78, 5) is 0. The van der Waals surface area contributed by atoms with Crippen LogP contribution in [0.5, 0.6) is 0 Å². The quantitative estimate of drug-likeness (QED) is 0.747. The van der Waals surface area contributed by atoms with Gasteiger partial charge in [-0.3, -0.25) is 0 Å². The van der Waals surface area contributed by atoms with Crippen LogP contribution in [0.25, 0.3) is 0 Å². The number of rotatable bonds is 1. The highest BCUT2D eigenvalue weighted by molar-refractivity contribution is 6.31. The van der Waals surface area contributed by atoms with E-state index in [1.54, 1.807) is 0 Å². The van der Waals surface area contributed by atoms with E-state index >= 15 is 0 Å². The highest BCUT2D eigenvalue weighted by Crippen LogP contribution is 2.26. The number of hydrogen-bond acceptors (Lipinski definition) is 1. The van der Waals surface area contributed by atoms with Crippen LogP contribution < -0.4 is 5.32 Å². The molecule has 2 rings (SSSR count). The van der Waals surface area contributed by atoms with Crippen molar-refractivity contribution in [2.45, 2.75) is 32.2 Å². The third-order valence-corrected chi connectivity index (χ3v) is 3.32. The van der Waals surface area contributed by atoms with E-state index in [0.717, 1.165) is 11.6 Å². The number of hydrogen-bond donors (Lipinski definition) is 1. The Hall–Kier alpha value is -0.530. The summed E-state index contributed by atoms with van der Waals surface area (Å²) in [6, 6.07) is 6.88. The average molecular weight is 210 g/mol. The summed E-state index contributed by atoms with van der Waals surface area (Å²) < 4.78 is 0. The molecule has 1 unspecified atom stereocenters. The largest absolute Gasteiger partial charge is 0.310 e. The molecule has 0 amide bonds. The summed E-state index contributed by atoms with van der Waals surface area (Å²) in [7, 11) is 0. The molecule has 1 aromatic rings. The van der Waals surface area contributed by atoms with Gasteiger partial charge in [-0.2, -0.15) is 0 Å². The Bertz CT molecular complexity index is 316. The summed E-state index contributed by atoms with van der Waals surface area (Å²) in [6.07, 6.45) is 3.89. The highest BCUT2D eigenvalue weighted by Gasteiger charge is 2.14. The fraction of sp³-hybridized carbons (Fsp3) is 0.500. The molecule has 0 saturated carbocycles. The topological polar surface area (TPSA) is 12.0 Å². The van der Waals surface area contributed by atoms with Gasteiger partial charge in [0.15, 0.2) is 0 Å². The summed E-state index contributed by atoms with van der Waals surface area (Å²) in [5.74, 6) is 0. The molecule has 1 aliphatic heterocycles. The molecule has 1 atom stereocenters. The lowest BCUT2D eigenvalue weighted by atomic mass is 9.96. The van der Waals surface area contributed by atoms with Gasteiger partial charge in [0, 0.05) is 11.1 Å². The standard InChI is InChI=1S/C12H16ClN/c1-9-8-10(5-6-11(9)13)12-4-2-3-7-14-12/h5-6,8,12,14H,2-4,7H2,1H3. The fourth-order valence-corrected chi connectivity index (χ4v) is 2.14. The van der Waals surface area contributed by atoms with Crippen LogP contribution in [0.4, 0.5) is 0 Å². The Labute approximate surface area is 90.5 Å². The third kappa shape index (κ3) is 2.10. The van der Waals surface area contributed by atoms with Gasteiger partial charge in [0.1, 0.15) is 0 Å². The van der Waals surface area contributed by atoms with Crippen LogP contribution in [0.1, 0.15) is 36.4 Å². The zero-order valence-corrected chi connectivity index (χ0v) is 9.27. The first-order chi connectivity index (χ1) is 6.77. The van der Waals surface area contributed by atoms with Crippen molar-refractivity contribution < 1.29 is 0 Å². The van der Waals surface area contributed by atoms with Crippen LogP contribution in [0.3, 0.4) is 0 Å². The van der Waals surface area contributed by atoms with Crippen LogP contribution in [0, 0.1) is 6.92 Å². The molecule has 76 valence electrons. The molecule has 14 heavy (non-hydrogen) atoms. The Morgan fingerprint density at radius 2 is 2.21 bits per heavy atom. The summed E-state index contributed by atoms with van der Waals surface area (Å²) in [5, 5.41) is 4.40. The van der Waals surface area contributed by atoms with Crippen molar-refractivity contribution in [3.05, 3.63) is 34.3 Å². The maximum atomic E-state index is 6.00. The molecule has 0 aromatic heterocycles. The molecule has 1 saturated heterocycles. The van der Waals surface area contributed by atoms with Gasteiger partial charge in [-0.15, -0.1) is 0 Å². The number of benzene rings is 1. The monoisotopic (exact) mass is 209 g/mol. The average Bonchev–Trinajstić information content (AvgIpc) is 2.23. The van der Waals surface area contributed by atoms with E-state index < -0.39 is 0 Å². The second kappa shape index (κ2) is 4.33. The molecule has 2 heteroatoms. The van der Waals surface area contributed by atoms with E-state index in [1.807, 2.05) is 6.07 Å². The lowest BCUT2D eigenvalue weighted by molar-refractivity contribution is 0.412. The van der Waals surface area contributed by atoms with Crippen molar-refractivity contribution in [1.29, 1.82) is 0 Å². The molecule has 1 heterocycles. The second-order valence-electron chi connectivity index (χ2n) is 4.01. The van der Waals surface area contributed by atoms with E-state index in [1.165, 1.54) is 30.4 Å². The van der Waals surface area contributed by atoms with Gasteiger partial charge in [0.25, 0.3) is 0 Å². The number of halogens is 1.